The number of likely N-dealkylation sites (tertiary alicyclic amines) is 1. The first-order valence-corrected chi connectivity index (χ1v) is 11.0. The summed E-state index contributed by atoms with van der Waals surface area (Å²) in [5.41, 5.74) is 0.935. The van der Waals surface area contributed by atoms with Crippen LogP contribution in [-0.2, 0) is 9.84 Å². The van der Waals surface area contributed by atoms with Gasteiger partial charge >= 0.3 is 0 Å². The fourth-order valence-electron chi connectivity index (χ4n) is 3.79. The summed E-state index contributed by atoms with van der Waals surface area (Å²) in [7, 11) is -1.42. The van der Waals surface area contributed by atoms with Crippen LogP contribution in [0.5, 0.6) is 0 Å². The van der Waals surface area contributed by atoms with Gasteiger partial charge in [0, 0.05) is 37.3 Å². The predicted octanol–water partition coefficient (Wildman–Crippen LogP) is 1.82. The average Bonchev–Trinajstić information content (AvgIpc) is 2.99. The summed E-state index contributed by atoms with van der Waals surface area (Å²) in [6.45, 7) is 3.64. The minimum atomic E-state index is -3.05. The van der Waals surface area contributed by atoms with Gasteiger partial charge in [0.1, 0.15) is 0 Å². The highest BCUT2D eigenvalue weighted by Crippen LogP contribution is 2.21. The van der Waals surface area contributed by atoms with Crippen molar-refractivity contribution in [2.45, 2.75) is 32.2 Å². The lowest BCUT2D eigenvalue weighted by Gasteiger charge is -2.31. The third-order valence-corrected chi connectivity index (χ3v) is 7.13. The molecule has 0 radical (unpaired) electrons. The van der Waals surface area contributed by atoms with Crippen LogP contribution < -0.4 is 0 Å². The molecule has 0 bridgehead atoms. The van der Waals surface area contributed by atoms with Crippen LogP contribution in [0.25, 0.3) is 0 Å². The summed E-state index contributed by atoms with van der Waals surface area (Å²) in [6, 6.07) is 6.46. The van der Waals surface area contributed by atoms with Gasteiger partial charge in [0.05, 0.1) is 11.5 Å². The zero-order valence-corrected chi connectivity index (χ0v) is 16.2. The maximum absolute atomic E-state index is 12.8. The Morgan fingerprint density at radius 3 is 2.58 bits per heavy atom. The summed E-state index contributed by atoms with van der Waals surface area (Å²) in [5.74, 6) is 0.347. The molecule has 26 heavy (non-hydrogen) atoms. The highest BCUT2D eigenvalue weighted by molar-refractivity contribution is 7.91. The first-order chi connectivity index (χ1) is 12.3. The average molecular weight is 378 g/mol. The summed E-state index contributed by atoms with van der Waals surface area (Å²) < 4.78 is 23.3. The van der Waals surface area contributed by atoms with Crippen LogP contribution in [0.15, 0.2) is 24.3 Å². The molecule has 2 amide bonds. The molecule has 0 aromatic heterocycles. The molecule has 0 N–H and O–H groups in total. The molecule has 2 aliphatic heterocycles. The smallest absolute Gasteiger partial charge is 0.253 e. The number of rotatable bonds is 3. The Hall–Kier alpha value is -1.89. The molecule has 2 heterocycles. The van der Waals surface area contributed by atoms with Gasteiger partial charge in [-0.15, -0.1) is 0 Å². The van der Waals surface area contributed by atoms with Crippen LogP contribution in [-0.4, -0.2) is 67.7 Å². The molecule has 7 heteroatoms. The monoisotopic (exact) mass is 378 g/mol. The lowest BCUT2D eigenvalue weighted by molar-refractivity contribution is 0.0683. The normalized spacial score (nSPS) is 25.1. The molecular weight excluding hydrogens is 352 g/mol. The van der Waals surface area contributed by atoms with Gasteiger partial charge in [0.2, 0.25) is 0 Å². The van der Waals surface area contributed by atoms with E-state index in [-0.39, 0.29) is 29.4 Å². The van der Waals surface area contributed by atoms with E-state index in [4.69, 9.17) is 0 Å². The Morgan fingerprint density at radius 2 is 1.92 bits per heavy atom. The first kappa shape index (κ1) is 18.9. The van der Waals surface area contributed by atoms with E-state index in [1.54, 1.807) is 31.3 Å². The molecule has 1 aromatic rings. The third kappa shape index (κ3) is 4.09. The number of sulfone groups is 1. The number of hydrogen-bond donors (Lipinski definition) is 0. The van der Waals surface area contributed by atoms with Crippen LogP contribution in [0.1, 0.15) is 46.9 Å². The number of nitrogens with zero attached hydrogens (tertiary/aromatic N) is 2. The topological polar surface area (TPSA) is 74.8 Å². The van der Waals surface area contributed by atoms with Gasteiger partial charge in [-0.1, -0.05) is 13.0 Å². The van der Waals surface area contributed by atoms with Crippen LogP contribution in [0.4, 0.5) is 0 Å². The number of carbonyl (C=O) groups is 2. The molecule has 0 spiro atoms. The van der Waals surface area contributed by atoms with E-state index in [9.17, 15) is 18.0 Å². The van der Waals surface area contributed by atoms with E-state index < -0.39 is 9.84 Å². The fourth-order valence-corrected chi connectivity index (χ4v) is 5.57. The van der Waals surface area contributed by atoms with Gasteiger partial charge in [-0.05, 0) is 43.4 Å². The molecule has 2 atom stereocenters. The molecule has 142 valence electrons. The first-order valence-electron chi connectivity index (χ1n) is 9.14. The number of benzene rings is 1. The van der Waals surface area contributed by atoms with Crippen molar-refractivity contribution in [3.63, 3.8) is 0 Å². The lowest BCUT2D eigenvalue weighted by atomic mass is 9.99. The number of amides is 2. The van der Waals surface area contributed by atoms with Crippen molar-refractivity contribution in [2.24, 2.45) is 5.92 Å². The van der Waals surface area contributed by atoms with E-state index in [0.29, 0.717) is 23.5 Å². The summed E-state index contributed by atoms with van der Waals surface area (Å²) in [5, 5.41) is 0. The minimum Gasteiger partial charge on any atom is -0.338 e. The van der Waals surface area contributed by atoms with Gasteiger partial charge < -0.3 is 9.80 Å². The predicted molar refractivity (Wildman–Crippen MR) is 99.9 cm³/mol. The van der Waals surface area contributed by atoms with Crippen LogP contribution in [0, 0.1) is 5.92 Å². The highest BCUT2D eigenvalue weighted by atomic mass is 32.2. The van der Waals surface area contributed by atoms with Crippen molar-refractivity contribution < 1.29 is 18.0 Å². The molecule has 3 rings (SSSR count). The van der Waals surface area contributed by atoms with Crippen molar-refractivity contribution in [1.82, 2.24) is 9.80 Å². The van der Waals surface area contributed by atoms with Crippen LogP contribution in [0.2, 0.25) is 0 Å². The van der Waals surface area contributed by atoms with Gasteiger partial charge in [0.15, 0.2) is 9.84 Å². The van der Waals surface area contributed by atoms with Crippen molar-refractivity contribution in [3.8, 4) is 0 Å². The molecule has 2 fully saturated rings. The number of carbonyl (C=O) groups excluding carboxylic acids is 2. The fraction of sp³-hybridized carbons (Fsp3) is 0.579. The maximum atomic E-state index is 12.8. The van der Waals surface area contributed by atoms with Gasteiger partial charge in [-0.25, -0.2) is 8.42 Å². The molecule has 0 aliphatic carbocycles. The number of piperidine rings is 1. The SMILES string of the molecule is CC1CCCN(C(=O)c2cccc(C(=O)N(C)C3CCS(=O)(=O)C3)c2)C1. The Kier molecular flexibility index (Phi) is 5.37. The van der Waals surface area contributed by atoms with Crippen LogP contribution >= 0.6 is 0 Å². The molecule has 1 aromatic carbocycles. The van der Waals surface area contributed by atoms with Gasteiger partial charge in [-0.2, -0.15) is 0 Å². The molecule has 2 unspecified atom stereocenters. The van der Waals surface area contributed by atoms with E-state index in [1.165, 1.54) is 4.90 Å². The molecule has 6 nitrogen and oxygen atoms in total. The lowest BCUT2D eigenvalue weighted by Crippen LogP contribution is -2.39. The second-order valence-electron chi connectivity index (χ2n) is 7.55. The maximum Gasteiger partial charge on any atom is 0.253 e. The summed E-state index contributed by atoms with van der Waals surface area (Å²) in [4.78, 5) is 28.9. The van der Waals surface area contributed by atoms with Gasteiger partial charge in [0.25, 0.3) is 11.8 Å². The van der Waals surface area contributed by atoms with Crippen molar-refractivity contribution in [1.29, 1.82) is 0 Å². The van der Waals surface area contributed by atoms with Gasteiger partial charge in [-0.3, -0.25) is 9.59 Å². The summed E-state index contributed by atoms with van der Waals surface area (Å²) >= 11 is 0. The standard InChI is InChI=1S/C19H26N2O4S/c1-14-5-4-9-21(12-14)19(23)16-7-3-6-15(11-16)18(22)20(2)17-8-10-26(24,25)13-17/h3,6-7,11,14,17H,4-5,8-10,12-13H2,1-2H3. The largest absolute Gasteiger partial charge is 0.338 e. The van der Waals surface area contributed by atoms with Crippen molar-refractivity contribution in [2.75, 3.05) is 31.6 Å². The Bertz CT molecular complexity index is 806. The summed E-state index contributed by atoms with van der Waals surface area (Å²) in [6.07, 6.45) is 2.61. The van der Waals surface area contributed by atoms with E-state index in [1.807, 2.05) is 4.90 Å². The Labute approximate surface area is 155 Å². The third-order valence-electron chi connectivity index (χ3n) is 5.38. The second-order valence-corrected chi connectivity index (χ2v) is 9.78. The van der Waals surface area contributed by atoms with E-state index in [0.717, 1.165) is 25.9 Å². The van der Waals surface area contributed by atoms with Crippen molar-refractivity contribution in [3.05, 3.63) is 35.4 Å². The Balaban J connectivity index is 1.74. The molecule has 0 saturated carbocycles. The zero-order valence-electron chi connectivity index (χ0n) is 15.3. The zero-order chi connectivity index (χ0) is 18.9. The van der Waals surface area contributed by atoms with Crippen molar-refractivity contribution >= 4 is 21.7 Å². The molecular formula is C19H26N2O4S. The minimum absolute atomic E-state index is 0.0134. The van der Waals surface area contributed by atoms with E-state index >= 15 is 0 Å². The van der Waals surface area contributed by atoms with E-state index in [2.05, 4.69) is 6.92 Å². The van der Waals surface area contributed by atoms with Crippen LogP contribution in [0.3, 0.4) is 0 Å². The molecule has 2 aliphatic rings. The highest BCUT2D eigenvalue weighted by Gasteiger charge is 2.33. The second kappa shape index (κ2) is 7.39. The Morgan fingerprint density at radius 1 is 1.19 bits per heavy atom. The quantitative estimate of drug-likeness (QED) is 0.804. The molecule has 2 saturated heterocycles. The number of hydrogen-bond acceptors (Lipinski definition) is 4.